The van der Waals surface area contributed by atoms with Crippen molar-refractivity contribution in [2.24, 2.45) is 0 Å². The maximum absolute atomic E-state index is 13.0. The van der Waals surface area contributed by atoms with Crippen LogP contribution in [0.4, 0.5) is 0 Å². The average molecular weight is 415 g/mol. The molecule has 0 heterocycles. The fourth-order valence-corrected chi connectivity index (χ4v) is 3.47. The topological polar surface area (TPSA) is 58.2 Å². The molecule has 3 aromatic rings. The van der Waals surface area contributed by atoms with Crippen molar-refractivity contribution in [1.29, 1.82) is 0 Å². The molecule has 0 atom stereocenters. The van der Waals surface area contributed by atoms with Crippen LogP contribution in [-0.4, -0.2) is 24.9 Å². The van der Waals surface area contributed by atoms with Crippen LogP contribution >= 0.6 is 0 Å². The molecule has 0 aromatic heterocycles. The summed E-state index contributed by atoms with van der Waals surface area (Å²) in [6.07, 6.45) is 0. The molecule has 0 aliphatic heterocycles. The second-order valence-electron chi connectivity index (χ2n) is 8.63. The lowest BCUT2D eigenvalue weighted by molar-refractivity contribution is -0.121. The van der Waals surface area contributed by atoms with E-state index in [9.17, 15) is 9.59 Å². The first-order chi connectivity index (χ1) is 14.9. The third-order valence-electron chi connectivity index (χ3n) is 5.25. The summed E-state index contributed by atoms with van der Waals surface area (Å²) in [7, 11) is 0. The van der Waals surface area contributed by atoms with Crippen LogP contribution in [0.2, 0.25) is 0 Å². The van der Waals surface area contributed by atoms with Gasteiger partial charge in [0.1, 0.15) is 0 Å². The van der Waals surface area contributed by atoms with E-state index in [0.29, 0.717) is 18.7 Å². The summed E-state index contributed by atoms with van der Waals surface area (Å²) in [5.41, 5.74) is 3.73. The molecule has 0 saturated heterocycles. The Morgan fingerprint density at radius 3 is 1.68 bits per heavy atom. The molecular formula is C27H30N2O2. The zero-order valence-corrected chi connectivity index (χ0v) is 18.4. The van der Waals surface area contributed by atoms with E-state index >= 15 is 0 Å². The summed E-state index contributed by atoms with van der Waals surface area (Å²) in [5.74, 6) is -0.610. The van der Waals surface area contributed by atoms with Crippen LogP contribution in [0.5, 0.6) is 0 Å². The van der Waals surface area contributed by atoms with Crippen LogP contribution < -0.4 is 10.6 Å². The Hall–Kier alpha value is -3.40. The molecule has 0 aliphatic rings. The van der Waals surface area contributed by atoms with Crippen molar-refractivity contribution < 1.29 is 9.59 Å². The van der Waals surface area contributed by atoms with Crippen LogP contribution in [0.3, 0.4) is 0 Å². The molecule has 3 aromatic carbocycles. The van der Waals surface area contributed by atoms with E-state index < -0.39 is 0 Å². The Balaban J connectivity index is 1.56. The molecule has 0 unspecified atom stereocenters. The highest BCUT2D eigenvalue weighted by atomic mass is 16.2. The highest BCUT2D eigenvalue weighted by Crippen LogP contribution is 2.24. The first kappa shape index (κ1) is 22.3. The van der Waals surface area contributed by atoms with Crippen LogP contribution in [0.15, 0.2) is 84.9 Å². The molecule has 0 aliphatic carbocycles. The molecule has 0 radical (unpaired) electrons. The Morgan fingerprint density at radius 2 is 1.19 bits per heavy atom. The van der Waals surface area contributed by atoms with Gasteiger partial charge in [0.25, 0.3) is 5.91 Å². The van der Waals surface area contributed by atoms with E-state index in [-0.39, 0.29) is 23.1 Å². The molecule has 4 heteroatoms. The van der Waals surface area contributed by atoms with Crippen molar-refractivity contribution in [2.45, 2.75) is 32.1 Å². The van der Waals surface area contributed by atoms with Gasteiger partial charge in [0.15, 0.2) is 0 Å². The SMILES string of the molecule is CC(C)(C)c1ccc(C(=O)NCCNC(=O)C(c2ccccc2)c2ccccc2)cc1. The van der Waals surface area contributed by atoms with Gasteiger partial charge in [-0.05, 0) is 34.2 Å². The van der Waals surface area contributed by atoms with E-state index in [2.05, 4.69) is 31.4 Å². The Kier molecular flexibility index (Phi) is 7.24. The smallest absolute Gasteiger partial charge is 0.251 e. The quantitative estimate of drug-likeness (QED) is 0.553. The number of hydrogen-bond donors (Lipinski definition) is 2. The van der Waals surface area contributed by atoms with Crippen molar-refractivity contribution in [2.75, 3.05) is 13.1 Å². The predicted octanol–water partition coefficient (Wildman–Crippen LogP) is 4.66. The zero-order chi connectivity index (χ0) is 22.3. The first-order valence-electron chi connectivity index (χ1n) is 10.6. The van der Waals surface area contributed by atoms with Crippen LogP contribution in [-0.2, 0) is 10.2 Å². The molecule has 2 N–H and O–H groups in total. The standard InChI is InChI=1S/C27H30N2O2/c1-27(2,3)23-16-14-22(15-17-23)25(30)28-18-19-29-26(31)24(20-10-6-4-7-11-20)21-12-8-5-9-13-21/h4-17,24H,18-19H2,1-3H3,(H,28,30)(H,29,31). The van der Waals surface area contributed by atoms with Crippen LogP contribution in [0.25, 0.3) is 0 Å². The number of hydrogen-bond acceptors (Lipinski definition) is 2. The molecule has 0 saturated carbocycles. The maximum atomic E-state index is 13.0. The number of amides is 2. The van der Waals surface area contributed by atoms with Crippen molar-refractivity contribution in [1.82, 2.24) is 10.6 Å². The van der Waals surface area contributed by atoms with Crippen molar-refractivity contribution in [3.63, 3.8) is 0 Å². The predicted molar refractivity (Wildman–Crippen MR) is 125 cm³/mol. The minimum Gasteiger partial charge on any atom is -0.354 e. The van der Waals surface area contributed by atoms with E-state index in [1.807, 2.05) is 84.9 Å². The normalized spacial score (nSPS) is 11.2. The Bertz CT molecular complexity index is 951. The summed E-state index contributed by atoms with van der Waals surface area (Å²) in [6, 6.07) is 27.1. The number of nitrogens with one attached hydrogen (secondary N) is 2. The minimum absolute atomic E-state index is 0.0489. The summed E-state index contributed by atoms with van der Waals surface area (Å²) in [4.78, 5) is 25.4. The molecule has 2 amide bonds. The molecule has 4 nitrogen and oxygen atoms in total. The molecule has 31 heavy (non-hydrogen) atoms. The van der Waals surface area contributed by atoms with Crippen LogP contribution in [0.1, 0.15) is 53.7 Å². The van der Waals surface area contributed by atoms with Gasteiger partial charge >= 0.3 is 0 Å². The van der Waals surface area contributed by atoms with Gasteiger partial charge in [-0.3, -0.25) is 9.59 Å². The summed E-state index contributed by atoms with van der Waals surface area (Å²) in [6.45, 7) is 7.15. The molecule has 0 fully saturated rings. The summed E-state index contributed by atoms with van der Waals surface area (Å²) in [5, 5.41) is 5.84. The molecule has 160 valence electrons. The van der Waals surface area contributed by atoms with E-state index in [0.717, 1.165) is 11.1 Å². The van der Waals surface area contributed by atoms with Gasteiger partial charge in [0.05, 0.1) is 5.92 Å². The molecule has 0 spiro atoms. The van der Waals surface area contributed by atoms with Gasteiger partial charge in [-0.2, -0.15) is 0 Å². The van der Waals surface area contributed by atoms with E-state index in [1.165, 1.54) is 5.56 Å². The van der Waals surface area contributed by atoms with E-state index in [4.69, 9.17) is 0 Å². The fraction of sp³-hybridized carbons (Fsp3) is 0.259. The largest absolute Gasteiger partial charge is 0.354 e. The minimum atomic E-state index is -0.386. The maximum Gasteiger partial charge on any atom is 0.251 e. The van der Waals surface area contributed by atoms with Crippen molar-refractivity contribution in [3.05, 3.63) is 107 Å². The third kappa shape index (κ3) is 6.05. The molecule has 3 rings (SSSR count). The van der Waals surface area contributed by atoms with Gasteiger partial charge in [0, 0.05) is 18.7 Å². The van der Waals surface area contributed by atoms with Gasteiger partial charge in [-0.25, -0.2) is 0 Å². The third-order valence-corrected chi connectivity index (χ3v) is 5.25. The number of benzene rings is 3. The lowest BCUT2D eigenvalue weighted by Crippen LogP contribution is -2.37. The van der Waals surface area contributed by atoms with Crippen LogP contribution in [0, 0.1) is 0 Å². The second kappa shape index (κ2) is 10.1. The van der Waals surface area contributed by atoms with Gasteiger partial charge < -0.3 is 10.6 Å². The molecule has 0 bridgehead atoms. The lowest BCUT2D eigenvalue weighted by atomic mass is 9.87. The highest BCUT2D eigenvalue weighted by molar-refractivity contribution is 5.94. The highest BCUT2D eigenvalue weighted by Gasteiger charge is 2.22. The fourth-order valence-electron chi connectivity index (χ4n) is 3.47. The Labute approximate surface area is 184 Å². The second-order valence-corrected chi connectivity index (χ2v) is 8.63. The van der Waals surface area contributed by atoms with Crippen molar-refractivity contribution >= 4 is 11.8 Å². The van der Waals surface area contributed by atoms with Crippen molar-refractivity contribution in [3.8, 4) is 0 Å². The number of rotatable bonds is 7. The first-order valence-corrected chi connectivity index (χ1v) is 10.6. The lowest BCUT2D eigenvalue weighted by Gasteiger charge is -2.19. The van der Waals surface area contributed by atoms with Gasteiger partial charge in [-0.1, -0.05) is 93.6 Å². The molecular weight excluding hydrogens is 384 g/mol. The van der Waals surface area contributed by atoms with Gasteiger partial charge in [-0.15, -0.1) is 0 Å². The number of carbonyl (C=O) groups is 2. The van der Waals surface area contributed by atoms with Gasteiger partial charge in [0.2, 0.25) is 5.91 Å². The summed E-state index contributed by atoms with van der Waals surface area (Å²) >= 11 is 0. The van der Waals surface area contributed by atoms with E-state index in [1.54, 1.807) is 0 Å². The monoisotopic (exact) mass is 414 g/mol. The Morgan fingerprint density at radius 1 is 0.710 bits per heavy atom. The average Bonchev–Trinajstić information content (AvgIpc) is 2.78. The summed E-state index contributed by atoms with van der Waals surface area (Å²) < 4.78 is 0. The number of carbonyl (C=O) groups excluding carboxylic acids is 2. The zero-order valence-electron chi connectivity index (χ0n) is 18.4.